The highest BCUT2D eigenvalue weighted by atomic mass is 28.3. The maximum absolute atomic E-state index is 5.74. The zero-order chi connectivity index (χ0) is 13.5. The predicted molar refractivity (Wildman–Crippen MR) is 78.0 cm³/mol. The molecule has 0 aromatic carbocycles. The number of hydrogen-bond acceptors (Lipinski definition) is 2. The molecule has 4 heteroatoms. The van der Waals surface area contributed by atoms with Gasteiger partial charge in [-0.15, -0.1) is 16.6 Å². The standard InChI is InChI=1S/C14H19N3Si/c1-7-11-12(18(4,5)6)8-9-13-15-16-14(10(2)3)17(11)13/h1,8-10H,2-6H3. The second-order valence-electron chi connectivity index (χ2n) is 5.90. The van der Waals surface area contributed by atoms with Crippen molar-refractivity contribution in [1.29, 1.82) is 0 Å². The summed E-state index contributed by atoms with van der Waals surface area (Å²) in [5, 5.41) is 9.75. The summed E-state index contributed by atoms with van der Waals surface area (Å²) in [5.74, 6) is 4.10. The Morgan fingerprint density at radius 1 is 1.22 bits per heavy atom. The molecular weight excluding hydrogens is 238 g/mol. The van der Waals surface area contributed by atoms with Gasteiger partial charge in [0.15, 0.2) is 5.65 Å². The molecule has 2 aromatic rings. The van der Waals surface area contributed by atoms with Crippen LogP contribution < -0.4 is 5.19 Å². The van der Waals surface area contributed by atoms with Gasteiger partial charge in [0.2, 0.25) is 0 Å². The number of terminal acetylenes is 1. The van der Waals surface area contributed by atoms with Gasteiger partial charge in [-0.2, -0.15) is 0 Å². The van der Waals surface area contributed by atoms with Crippen molar-refractivity contribution in [1.82, 2.24) is 14.6 Å². The van der Waals surface area contributed by atoms with Crippen LogP contribution in [0.5, 0.6) is 0 Å². The molecule has 0 atom stereocenters. The normalized spacial score (nSPS) is 12.1. The lowest BCUT2D eigenvalue weighted by molar-refractivity contribution is 0.757. The van der Waals surface area contributed by atoms with E-state index in [9.17, 15) is 0 Å². The molecule has 0 fully saturated rings. The molecule has 0 bridgehead atoms. The van der Waals surface area contributed by atoms with Gasteiger partial charge >= 0.3 is 0 Å². The number of hydrogen-bond donors (Lipinski definition) is 0. The molecule has 94 valence electrons. The first-order valence-corrected chi connectivity index (χ1v) is 9.71. The summed E-state index contributed by atoms with van der Waals surface area (Å²) in [6.07, 6.45) is 5.74. The van der Waals surface area contributed by atoms with Crippen molar-refractivity contribution in [3.8, 4) is 12.3 Å². The number of pyridine rings is 1. The third-order valence-corrected chi connectivity index (χ3v) is 5.07. The largest absolute Gasteiger partial charge is 0.271 e. The fourth-order valence-corrected chi connectivity index (χ4v) is 3.60. The molecule has 0 saturated heterocycles. The maximum atomic E-state index is 5.74. The van der Waals surface area contributed by atoms with Gasteiger partial charge in [0.1, 0.15) is 5.82 Å². The molecule has 0 aliphatic rings. The van der Waals surface area contributed by atoms with Crippen LogP contribution in [0.25, 0.3) is 5.65 Å². The Morgan fingerprint density at radius 2 is 1.89 bits per heavy atom. The highest BCUT2D eigenvalue weighted by molar-refractivity contribution is 6.89. The molecule has 0 aliphatic heterocycles. The van der Waals surface area contributed by atoms with Crippen LogP contribution in [-0.4, -0.2) is 22.7 Å². The Balaban J connectivity index is 2.87. The van der Waals surface area contributed by atoms with E-state index in [0.717, 1.165) is 17.2 Å². The molecule has 0 spiro atoms. The third kappa shape index (κ3) is 1.95. The first-order valence-electron chi connectivity index (χ1n) is 6.21. The molecule has 0 radical (unpaired) electrons. The molecular formula is C14H19N3Si. The van der Waals surface area contributed by atoms with Gasteiger partial charge in [-0.25, -0.2) is 0 Å². The molecule has 0 amide bonds. The molecule has 2 heterocycles. The smallest absolute Gasteiger partial charge is 0.161 e. The van der Waals surface area contributed by atoms with Crippen molar-refractivity contribution in [3.63, 3.8) is 0 Å². The van der Waals surface area contributed by atoms with Crippen molar-refractivity contribution >= 4 is 18.9 Å². The zero-order valence-electron chi connectivity index (χ0n) is 11.7. The minimum Gasteiger partial charge on any atom is -0.271 e. The van der Waals surface area contributed by atoms with Crippen LogP contribution in [0.1, 0.15) is 31.3 Å². The molecule has 0 N–H and O–H groups in total. The van der Waals surface area contributed by atoms with Crippen LogP contribution in [-0.2, 0) is 0 Å². The van der Waals surface area contributed by atoms with E-state index >= 15 is 0 Å². The van der Waals surface area contributed by atoms with Crippen LogP contribution in [0.15, 0.2) is 12.1 Å². The summed E-state index contributed by atoms with van der Waals surface area (Å²) in [6.45, 7) is 11.1. The maximum Gasteiger partial charge on any atom is 0.161 e. The number of nitrogens with zero attached hydrogens (tertiary/aromatic N) is 3. The average Bonchev–Trinajstić information content (AvgIpc) is 2.69. The minimum absolute atomic E-state index is 0.309. The lowest BCUT2D eigenvalue weighted by Crippen LogP contribution is -2.40. The summed E-state index contributed by atoms with van der Waals surface area (Å²) < 4.78 is 2.04. The quantitative estimate of drug-likeness (QED) is 0.611. The number of rotatable bonds is 2. The van der Waals surface area contributed by atoms with Crippen LogP contribution >= 0.6 is 0 Å². The molecule has 18 heavy (non-hydrogen) atoms. The van der Waals surface area contributed by atoms with E-state index in [0.29, 0.717) is 5.92 Å². The lowest BCUT2D eigenvalue weighted by Gasteiger charge is -2.20. The summed E-state index contributed by atoms with van der Waals surface area (Å²) in [7, 11) is -1.47. The van der Waals surface area contributed by atoms with Crippen LogP contribution in [0, 0.1) is 12.3 Å². The van der Waals surface area contributed by atoms with Crippen LogP contribution in [0.4, 0.5) is 0 Å². The molecule has 2 rings (SSSR count). The van der Waals surface area contributed by atoms with Crippen molar-refractivity contribution in [3.05, 3.63) is 23.7 Å². The Kier molecular flexibility index (Phi) is 3.03. The van der Waals surface area contributed by atoms with Gasteiger partial charge in [0.25, 0.3) is 0 Å². The second-order valence-corrected chi connectivity index (χ2v) is 10.9. The Bertz CT molecular complexity index is 627. The van der Waals surface area contributed by atoms with Crippen molar-refractivity contribution in [2.45, 2.75) is 39.4 Å². The summed E-state index contributed by atoms with van der Waals surface area (Å²) in [5.41, 5.74) is 1.77. The van der Waals surface area contributed by atoms with Gasteiger partial charge in [-0.3, -0.25) is 4.40 Å². The average molecular weight is 257 g/mol. The molecule has 2 aromatic heterocycles. The third-order valence-electron chi connectivity index (χ3n) is 3.05. The zero-order valence-corrected chi connectivity index (χ0v) is 12.7. The van der Waals surface area contributed by atoms with E-state index in [1.54, 1.807) is 0 Å². The highest BCUT2D eigenvalue weighted by Gasteiger charge is 2.23. The van der Waals surface area contributed by atoms with Crippen molar-refractivity contribution in [2.24, 2.45) is 0 Å². The predicted octanol–water partition coefficient (Wildman–Crippen LogP) is 2.38. The van der Waals surface area contributed by atoms with E-state index in [4.69, 9.17) is 6.42 Å². The SMILES string of the molecule is C#Cc1c([Si](C)(C)C)ccc2nnc(C(C)C)n12. The van der Waals surface area contributed by atoms with Gasteiger partial charge in [0.05, 0.1) is 13.8 Å². The van der Waals surface area contributed by atoms with E-state index in [1.807, 2.05) is 10.5 Å². The summed E-state index contributed by atoms with van der Waals surface area (Å²) in [4.78, 5) is 0. The van der Waals surface area contributed by atoms with E-state index < -0.39 is 8.07 Å². The van der Waals surface area contributed by atoms with Crippen molar-refractivity contribution < 1.29 is 0 Å². The molecule has 0 unspecified atom stereocenters. The number of fused-ring (bicyclic) bond motifs is 1. The number of aromatic nitrogens is 3. The van der Waals surface area contributed by atoms with Crippen LogP contribution in [0.2, 0.25) is 19.6 Å². The van der Waals surface area contributed by atoms with E-state index in [1.165, 1.54) is 5.19 Å². The van der Waals surface area contributed by atoms with E-state index in [-0.39, 0.29) is 0 Å². The van der Waals surface area contributed by atoms with Crippen LogP contribution in [0.3, 0.4) is 0 Å². The first-order chi connectivity index (χ1) is 8.36. The monoisotopic (exact) mass is 257 g/mol. The van der Waals surface area contributed by atoms with Gasteiger partial charge < -0.3 is 0 Å². The lowest BCUT2D eigenvalue weighted by atomic mass is 10.2. The first kappa shape index (κ1) is 12.8. The van der Waals surface area contributed by atoms with Gasteiger partial charge in [-0.1, -0.05) is 45.5 Å². The van der Waals surface area contributed by atoms with Crippen molar-refractivity contribution in [2.75, 3.05) is 0 Å². The molecule has 0 aliphatic carbocycles. The summed E-state index contributed by atoms with van der Waals surface area (Å²) >= 11 is 0. The second kappa shape index (κ2) is 4.25. The Hall–Kier alpha value is -1.60. The highest BCUT2D eigenvalue weighted by Crippen LogP contribution is 2.16. The van der Waals surface area contributed by atoms with Gasteiger partial charge in [-0.05, 0) is 11.3 Å². The fraction of sp³-hybridized carbons (Fsp3) is 0.429. The van der Waals surface area contributed by atoms with E-state index in [2.05, 4.69) is 55.7 Å². The Labute approximate surface area is 109 Å². The topological polar surface area (TPSA) is 30.2 Å². The molecule has 3 nitrogen and oxygen atoms in total. The summed E-state index contributed by atoms with van der Waals surface area (Å²) in [6, 6.07) is 4.14. The Morgan fingerprint density at radius 3 is 2.39 bits per heavy atom. The fourth-order valence-electron chi connectivity index (χ4n) is 2.12. The van der Waals surface area contributed by atoms with Gasteiger partial charge in [0, 0.05) is 5.92 Å². The molecule has 0 saturated carbocycles. The minimum atomic E-state index is -1.47.